The maximum Gasteiger partial charge on any atom is 0.416 e. The number of nitrogens with zero attached hydrogens (tertiary/aromatic N) is 2. The van der Waals surface area contributed by atoms with Crippen molar-refractivity contribution < 1.29 is 37.1 Å². The van der Waals surface area contributed by atoms with Gasteiger partial charge >= 0.3 is 12.1 Å². The fourth-order valence-corrected chi connectivity index (χ4v) is 5.17. The molecular weight excluding hydrogens is 470 g/mol. The van der Waals surface area contributed by atoms with Gasteiger partial charge in [-0.1, -0.05) is 0 Å². The number of carboxylic acid groups (broad SMARTS) is 1. The summed E-state index contributed by atoms with van der Waals surface area (Å²) in [6, 6.07) is 0.143. The molecule has 1 aliphatic carbocycles. The quantitative estimate of drug-likeness (QED) is 0.583. The zero-order valence-corrected chi connectivity index (χ0v) is 20.2. The summed E-state index contributed by atoms with van der Waals surface area (Å²) in [5.74, 6) is -3.72. The zero-order chi connectivity index (χ0) is 26.3. The second kappa shape index (κ2) is 9.75. The molecule has 1 heterocycles. The van der Waals surface area contributed by atoms with Crippen LogP contribution in [0.25, 0.3) is 0 Å². The molecular formula is C24H31F4N3O4. The maximum atomic E-state index is 13.7. The molecule has 0 aromatic heterocycles. The Morgan fingerprint density at radius 2 is 1.86 bits per heavy atom. The highest BCUT2D eigenvalue weighted by molar-refractivity contribution is 5.98. The van der Waals surface area contributed by atoms with E-state index < -0.39 is 58.4 Å². The predicted molar refractivity (Wildman–Crippen MR) is 119 cm³/mol. The van der Waals surface area contributed by atoms with Gasteiger partial charge in [-0.2, -0.15) is 13.2 Å². The van der Waals surface area contributed by atoms with E-state index in [9.17, 15) is 37.1 Å². The number of hydrogen-bond donors (Lipinski definition) is 2. The number of alkyl halides is 3. The van der Waals surface area contributed by atoms with Gasteiger partial charge < -0.3 is 20.2 Å². The first-order valence-corrected chi connectivity index (χ1v) is 11.6. The van der Waals surface area contributed by atoms with Gasteiger partial charge in [-0.25, -0.2) is 4.39 Å². The van der Waals surface area contributed by atoms with Crippen LogP contribution >= 0.6 is 0 Å². The number of rotatable bonds is 6. The average Bonchev–Trinajstić information content (AvgIpc) is 3.11. The van der Waals surface area contributed by atoms with Crippen molar-refractivity contribution in [1.29, 1.82) is 0 Å². The lowest BCUT2D eigenvalue weighted by molar-refractivity contribution is -0.159. The number of benzene rings is 1. The normalized spacial score (nSPS) is 27.5. The van der Waals surface area contributed by atoms with Crippen LogP contribution in [-0.4, -0.2) is 70.4 Å². The molecule has 2 N–H and O–H groups in total. The minimum Gasteiger partial charge on any atom is -0.481 e. The standard InChI is InChI=1S/C24H31F4N3O4/c1-13(2)30(4)17-5-6-19(23(3,12-17)22(34)35)31-8-7-18(21(31)33)29-20(32)14-9-15(24(26,27)28)11-16(25)10-14/h9-11,13,17-19H,5-8,12H2,1-4H3,(H,29,32)(H,34,35)/t17-,18+,19+,23-/m1/s1. The number of likely N-dealkylation sites (tertiary alicyclic amines) is 1. The highest BCUT2D eigenvalue weighted by atomic mass is 19.4. The Balaban J connectivity index is 1.75. The Bertz CT molecular complexity index is 999. The molecule has 35 heavy (non-hydrogen) atoms. The molecule has 4 atom stereocenters. The lowest BCUT2D eigenvalue weighted by Crippen LogP contribution is -2.58. The first kappa shape index (κ1) is 26.9. The van der Waals surface area contributed by atoms with E-state index in [2.05, 4.69) is 10.2 Å². The molecule has 7 nitrogen and oxygen atoms in total. The molecule has 1 saturated carbocycles. The third-order valence-corrected chi connectivity index (χ3v) is 7.46. The Morgan fingerprint density at radius 1 is 1.20 bits per heavy atom. The van der Waals surface area contributed by atoms with Crippen molar-refractivity contribution in [2.24, 2.45) is 5.41 Å². The van der Waals surface area contributed by atoms with Crippen LogP contribution in [0.2, 0.25) is 0 Å². The van der Waals surface area contributed by atoms with Crippen LogP contribution < -0.4 is 5.32 Å². The SMILES string of the molecule is CC(C)N(C)[C@@H]1CC[C@H](N2CC[C@H](NC(=O)c3cc(F)cc(C(F)(F)F)c3)C2=O)[C@](C)(C(=O)O)C1. The Hall–Kier alpha value is -2.69. The molecule has 11 heteroatoms. The van der Waals surface area contributed by atoms with Gasteiger partial charge in [0.2, 0.25) is 5.91 Å². The molecule has 0 unspecified atom stereocenters. The van der Waals surface area contributed by atoms with Gasteiger partial charge in [0.15, 0.2) is 0 Å². The van der Waals surface area contributed by atoms with Crippen molar-refractivity contribution >= 4 is 17.8 Å². The summed E-state index contributed by atoms with van der Waals surface area (Å²) in [7, 11) is 1.95. The van der Waals surface area contributed by atoms with E-state index in [0.29, 0.717) is 37.5 Å². The van der Waals surface area contributed by atoms with Crippen molar-refractivity contribution in [1.82, 2.24) is 15.1 Å². The fraction of sp³-hybridized carbons (Fsp3) is 0.625. The Kier molecular flexibility index (Phi) is 7.50. The van der Waals surface area contributed by atoms with E-state index in [1.54, 1.807) is 6.92 Å². The molecule has 1 aromatic rings. The first-order chi connectivity index (χ1) is 16.1. The summed E-state index contributed by atoms with van der Waals surface area (Å²) in [5, 5.41) is 12.5. The van der Waals surface area contributed by atoms with Crippen LogP contribution in [0.3, 0.4) is 0 Å². The summed E-state index contributed by atoms with van der Waals surface area (Å²) >= 11 is 0. The molecule has 2 amide bonds. The average molecular weight is 502 g/mol. The van der Waals surface area contributed by atoms with E-state index in [4.69, 9.17) is 0 Å². The molecule has 0 spiro atoms. The smallest absolute Gasteiger partial charge is 0.416 e. The number of carboxylic acids is 1. The predicted octanol–water partition coefficient (Wildman–Crippen LogP) is 3.53. The summed E-state index contributed by atoms with van der Waals surface area (Å²) in [5.41, 5.74) is -3.05. The van der Waals surface area contributed by atoms with Gasteiger partial charge in [-0.05, 0) is 71.7 Å². The number of carbonyl (C=O) groups is 3. The molecule has 0 radical (unpaired) electrons. The first-order valence-electron chi connectivity index (χ1n) is 11.6. The zero-order valence-electron chi connectivity index (χ0n) is 20.2. The fourth-order valence-electron chi connectivity index (χ4n) is 5.17. The molecule has 3 rings (SSSR count). The van der Waals surface area contributed by atoms with Crippen molar-refractivity contribution in [3.05, 3.63) is 35.1 Å². The summed E-state index contributed by atoms with van der Waals surface area (Å²) in [6.45, 7) is 5.89. The maximum absolute atomic E-state index is 13.7. The Labute approximate surface area is 201 Å². The van der Waals surface area contributed by atoms with Gasteiger partial charge in [-0.3, -0.25) is 14.4 Å². The van der Waals surface area contributed by atoms with E-state index in [1.807, 2.05) is 20.9 Å². The highest BCUT2D eigenvalue weighted by Crippen LogP contribution is 2.42. The number of halogens is 4. The largest absolute Gasteiger partial charge is 0.481 e. The minimum absolute atomic E-state index is 0.0383. The topological polar surface area (TPSA) is 90.0 Å². The minimum atomic E-state index is -4.83. The number of carbonyl (C=O) groups excluding carboxylic acids is 2. The number of amides is 2. The Morgan fingerprint density at radius 3 is 2.43 bits per heavy atom. The summed E-state index contributed by atoms with van der Waals surface area (Å²) in [4.78, 5) is 41.6. The second-order valence-electron chi connectivity index (χ2n) is 10.0. The third kappa shape index (κ3) is 5.44. The monoisotopic (exact) mass is 501 g/mol. The van der Waals surface area contributed by atoms with Gasteiger partial charge in [-0.15, -0.1) is 0 Å². The van der Waals surface area contributed by atoms with Crippen molar-refractivity contribution in [3.8, 4) is 0 Å². The van der Waals surface area contributed by atoms with Gasteiger partial charge in [0.1, 0.15) is 11.9 Å². The molecule has 2 fully saturated rings. The van der Waals surface area contributed by atoms with Gasteiger partial charge in [0.25, 0.3) is 5.91 Å². The molecule has 2 aliphatic rings. The molecule has 0 bridgehead atoms. The van der Waals surface area contributed by atoms with Gasteiger partial charge in [0.05, 0.1) is 11.0 Å². The van der Waals surface area contributed by atoms with Crippen molar-refractivity contribution in [2.75, 3.05) is 13.6 Å². The van der Waals surface area contributed by atoms with E-state index in [-0.39, 0.29) is 25.0 Å². The van der Waals surface area contributed by atoms with E-state index in [1.165, 1.54) is 4.90 Å². The summed E-state index contributed by atoms with van der Waals surface area (Å²) < 4.78 is 52.7. The number of hydrogen-bond acceptors (Lipinski definition) is 4. The molecule has 1 saturated heterocycles. The lowest BCUT2D eigenvalue weighted by Gasteiger charge is -2.48. The molecule has 1 aromatic carbocycles. The molecule has 194 valence electrons. The lowest BCUT2D eigenvalue weighted by atomic mass is 9.68. The summed E-state index contributed by atoms with van der Waals surface area (Å²) in [6.07, 6.45) is -3.14. The van der Waals surface area contributed by atoms with Crippen molar-refractivity contribution in [3.63, 3.8) is 0 Å². The number of nitrogens with one attached hydrogen (secondary N) is 1. The second-order valence-corrected chi connectivity index (χ2v) is 10.0. The van der Waals surface area contributed by atoms with Crippen LogP contribution in [0.15, 0.2) is 18.2 Å². The molecule has 1 aliphatic heterocycles. The van der Waals surface area contributed by atoms with Crippen LogP contribution in [0.1, 0.15) is 62.4 Å². The number of aliphatic carboxylic acids is 1. The van der Waals surface area contributed by atoms with Crippen LogP contribution in [0, 0.1) is 11.2 Å². The van der Waals surface area contributed by atoms with E-state index >= 15 is 0 Å². The highest BCUT2D eigenvalue weighted by Gasteiger charge is 2.52. The van der Waals surface area contributed by atoms with E-state index in [0.717, 1.165) is 0 Å². The van der Waals surface area contributed by atoms with Gasteiger partial charge in [0, 0.05) is 30.2 Å². The van der Waals surface area contributed by atoms with Crippen LogP contribution in [-0.2, 0) is 15.8 Å². The van der Waals surface area contributed by atoms with Crippen molar-refractivity contribution in [2.45, 2.75) is 76.8 Å². The third-order valence-electron chi connectivity index (χ3n) is 7.46. The van der Waals surface area contributed by atoms with Crippen LogP contribution in [0.5, 0.6) is 0 Å². The van der Waals surface area contributed by atoms with Crippen LogP contribution in [0.4, 0.5) is 17.6 Å².